The van der Waals surface area contributed by atoms with Crippen LogP contribution < -0.4 is 5.32 Å². The first-order valence-electron chi connectivity index (χ1n) is 6.12. The van der Waals surface area contributed by atoms with Gasteiger partial charge in [0.25, 0.3) is 0 Å². The maximum Gasteiger partial charge on any atom is 0.0208 e. The Balaban J connectivity index is 2.36. The van der Waals surface area contributed by atoms with E-state index in [1.54, 1.807) is 0 Å². The number of rotatable bonds is 6. The van der Waals surface area contributed by atoms with Crippen molar-refractivity contribution in [3.8, 4) is 0 Å². The summed E-state index contributed by atoms with van der Waals surface area (Å²) in [5.74, 6) is 0. The Morgan fingerprint density at radius 1 is 1.35 bits per heavy atom. The molecule has 0 fully saturated rings. The van der Waals surface area contributed by atoms with Gasteiger partial charge in [-0.05, 0) is 58.1 Å². The van der Waals surface area contributed by atoms with E-state index in [1.807, 2.05) is 0 Å². The van der Waals surface area contributed by atoms with Gasteiger partial charge in [-0.1, -0.05) is 28.1 Å². The Morgan fingerprint density at radius 3 is 2.65 bits per heavy atom. The molecule has 0 saturated heterocycles. The summed E-state index contributed by atoms with van der Waals surface area (Å²) in [7, 11) is 4.23. The average molecular weight is 299 g/mol. The number of hydrogen-bond donors (Lipinski definition) is 1. The lowest BCUT2D eigenvalue weighted by Gasteiger charge is -2.17. The largest absolute Gasteiger partial charge is 0.310 e. The molecule has 1 rings (SSSR count). The van der Waals surface area contributed by atoms with E-state index in [2.05, 4.69) is 72.3 Å². The van der Waals surface area contributed by atoms with Crippen LogP contribution in [0.2, 0.25) is 0 Å². The zero-order valence-electron chi connectivity index (χ0n) is 11.3. The molecule has 1 aromatic rings. The fraction of sp³-hybridized carbons (Fsp3) is 0.571. The fourth-order valence-electron chi connectivity index (χ4n) is 1.66. The van der Waals surface area contributed by atoms with Gasteiger partial charge in [-0.3, -0.25) is 0 Å². The van der Waals surface area contributed by atoms with E-state index in [0.29, 0.717) is 6.04 Å². The summed E-state index contributed by atoms with van der Waals surface area (Å²) >= 11 is 3.52. The second kappa shape index (κ2) is 7.14. The van der Waals surface area contributed by atoms with Crippen LogP contribution in [-0.4, -0.2) is 31.6 Å². The number of nitrogens with zero attached hydrogens (tertiary/aromatic N) is 1. The van der Waals surface area contributed by atoms with Gasteiger partial charge in [-0.2, -0.15) is 0 Å². The Hall–Kier alpha value is -0.380. The lowest BCUT2D eigenvalue weighted by atomic mass is 10.1. The molecule has 0 saturated carbocycles. The molecular formula is C14H23BrN2. The highest BCUT2D eigenvalue weighted by Crippen LogP contribution is 2.17. The van der Waals surface area contributed by atoms with Crippen LogP contribution in [0.5, 0.6) is 0 Å². The molecule has 1 unspecified atom stereocenters. The Labute approximate surface area is 114 Å². The maximum atomic E-state index is 3.56. The van der Waals surface area contributed by atoms with Crippen molar-refractivity contribution in [1.82, 2.24) is 10.2 Å². The topological polar surface area (TPSA) is 15.3 Å². The van der Waals surface area contributed by atoms with Crippen LogP contribution in [0, 0.1) is 6.92 Å². The quantitative estimate of drug-likeness (QED) is 0.868. The normalized spacial score (nSPS) is 13.1. The molecule has 0 aromatic heterocycles. The van der Waals surface area contributed by atoms with Gasteiger partial charge in [0.2, 0.25) is 0 Å². The summed E-state index contributed by atoms with van der Waals surface area (Å²) in [6.07, 6.45) is 1.18. The summed E-state index contributed by atoms with van der Waals surface area (Å²) in [4.78, 5) is 2.22. The molecule has 17 heavy (non-hydrogen) atoms. The van der Waals surface area contributed by atoms with Crippen LogP contribution in [0.15, 0.2) is 22.7 Å². The maximum absolute atomic E-state index is 3.56. The highest BCUT2D eigenvalue weighted by molar-refractivity contribution is 9.10. The first kappa shape index (κ1) is 14.7. The predicted octanol–water partition coefficient (Wildman–Crippen LogP) is 3.19. The molecule has 0 heterocycles. The number of aryl methyl sites for hydroxylation is 1. The highest BCUT2D eigenvalue weighted by Gasteiger charge is 2.03. The zero-order valence-corrected chi connectivity index (χ0v) is 12.8. The smallest absolute Gasteiger partial charge is 0.0208 e. The monoisotopic (exact) mass is 298 g/mol. The van der Waals surface area contributed by atoms with Gasteiger partial charge in [0.15, 0.2) is 0 Å². The van der Waals surface area contributed by atoms with Crippen molar-refractivity contribution in [3.63, 3.8) is 0 Å². The third-order valence-electron chi connectivity index (χ3n) is 2.89. The van der Waals surface area contributed by atoms with Crippen molar-refractivity contribution >= 4 is 15.9 Å². The van der Waals surface area contributed by atoms with Crippen molar-refractivity contribution in [2.24, 2.45) is 0 Å². The van der Waals surface area contributed by atoms with E-state index >= 15 is 0 Å². The van der Waals surface area contributed by atoms with Crippen LogP contribution >= 0.6 is 15.9 Å². The Morgan fingerprint density at radius 2 is 2.06 bits per heavy atom. The third kappa shape index (κ3) is 5.66. The van der Waals surface area contributed by atoms with Gasteiger partial charge in [-0.25, -0.2) is 0 Å². The van der Waals surface area contributed by atoms with Crippen LogP contribution in [-0.2, 0) is 6.54 Å². The molecule has 3 heteroatoms. The minimum atomic E-state index is 0.557. The lowest BCUT2D eigenvalue weighted by Crippen LogP contribution is -2.29. The van der Waals surface area contributed by atoms with Gasteiger partial charge in [0.1, 0.15) is 0 Å². The minimum absolute atomic E-state index is 0.557. The van der Waals surface area contributed by atoms with Gasteiger partial charge in [-0.15, -0.1) is 0 Å². The van der Waals surface area contributed by atoms with Gasteiger partial charge < -0.3 is 10.2 Å². The summed E-state index contributed by atoms with van der Waals surface area (Å²) in [6.45, 7) is 6.45. The van der Waals surface area contributed by atoms with Crippen molar-refractivity contribution in [2.45, 2.75) is 32.9 Å². The molecule has 1 aromatic carbocycles. The van der Waals surface area contributed by atoms with Gasteiger partial charge in [0, 0.05) is 17.1 Å². The number of hydrogen-bond acceptors (Lipinski definition) is 2. The second-order valence-corrected chi connectivity index (χ2v) is 5.81. The molecule has 0 radical (unpaired) electrons. The average Bonchev–Trinajstić information content (AvgIpc) is 2.28. The van der Waals surface area contributed by atoms with E-state index in [9.17, 15) is 0 Å². The molecule has 0 aliphatic rings. The van der Waals surface area contributed by atoms with Crippen molar-refractivity contribution < 1.29 is 0 Å². The van der Waals surface area contributed by atoms with Crippen molar-refractivity contribution in [1.29, 1.82) is 0 Å². The summed E-state index contributed by atoms with van der Waals surface area (Å²) < 4.78 is 1.18. The Kier molecular flexibility index (Phi) is 6.17. The molecule has 0 aliphatic carbocycles. The highest BCUT2D eigenvalue weighted by atomic mass is 79.9. The second-order valence-electron chi connectivity index (χ2n) is 4.96. The summed E-state index contributed by atoms with van der Waals surface area (Å²) in [5, 5.41) is 3.56. The lowest BCUT2D eigenvalue weighted by molar-refractivity contribution is 0.365. The molecule has 0 bridgehead atoms. The summed E-state index contributed by atoms with van der Waals surface area (Å²) in [6, 6.07) is 7.08. The number of halogens is 1. The molecule has 2 nitrogen and oxygen atoms in total. The Bertz CT molecular complexity index is 350. The standard InChI is InChI=1S/C14H23BrN2/c1-11-9-13(5-6-14(11)15)10-16-12(2)7-8-17(3)4/h5-6,9,12,16H,7-8,10H2,1-4H3. The molecular weight excluding hydrogens is 276 g/mol. The van der Waals surface area contributed by atoms with Gasteiger partial charge >= 0.3 is 0 Å². The SMILES string of the molecule is Cc1cc(CNC(C)CCN(C)C)ccc1Br. The predicted molar refractivity (Wildman–Crippen MR) is 78.4 cm³/mol. The molecule has 0 spiro atoms. The minimum Gasteiger partial charge on any atom is -0.310 e. The van der Waals surface area contributed by atoms with Gasteiger partial charge in [0.05, 0.1) is 0 Å². The third-order valence-corrected chi connectivity index (χ3v) is 3.78. The molecule has 1 N–H and O–H groups in total. The summed E-state index contributed by atoms with van der Waals surface area (Å²) in [5.41, 5.74) is 2.65. The van der Waals surface area contributed by atoms with E-state index in [1.165, 1.54) is 22.0 Å². The van der Waals surface area contributed by atoms with Crippen LogP contribution in [0.3, 0.4) is 0 Å². The zero-order chi connectivity index (χ0) is 12.8. The molecule has 0 amide bonds. The number of benzene rings is 1. The van der Waals surface area contributed by atoms with Crippen LogP contribution in [0.1, 0.15) is 24.5 Å². The van der Waals surface area contributed by atoms with E-state index in [-0.39, 0.29) is 0 Å². The fourth-order valence-corrected chi connectivity index (χ4v) is 1.91. The molecule has 0 aliphatic heterocycles. The first-order valence-corrected chi connectivity index (χ1v) is 6.91. The van der Waals surface area contributed by atoms with E-state index in [0.717, 1.165) is 13.1 Å². The van der Waals surface area contributed by atoms with Crippen molar-refractivity contribution in [3.05, 3.63) is 33.8 Å². The van der Waals surface area contributed by atoms with Crippen LogP contribution in [0.25, 0.3) is 0 Å². The first-order chi connectivity index (χ1) is 7.99. The van der Waals surface area contributed by atoms with E-state index < -0.39 is 0 Å². The van der Waals surface area contributed by atoms with Crippen molar-refractivity contribution in [2.75, 3.05) is 20.6 Å². The van der Waals surface area contributed by atoms with Crippen LogP contribution in [0.4, 0.5) is 0 Å². The van der Waals surface area contributed by atoms with E-state index in [4.69, 9.17) is 0 Å². The molecule has 96 valence electrons. The molecule has 1 atom stereocenters. The number of nitrogens with one attached hydrogen (secondary N) is 1.